The molecule has 5 heteroatoms. The fourth-order valence-corrected chi connectivity index (χ4v) is 12.4. The van der Waals surface area contributed by atoms with Crippen LogP contribution < -0.4 is 0 Å². The van der Waals surface area contributed by atoms with E-state index in [1.807, 2.05) is 11.3 Å². The van der Waals surface area contributed by atoms with E-state index in [1.54, 1.807) is 0 Å². The molecular weight excluding hydrogens is 809 g/mol. The van der Waals surface area contributed by atoms with Crippen LogP contribution in [0.25, 0.3) is 130 Å². The van der Waals surface area contributed by atoms with Crippen LogP contribution in [0.1, 0.15) is 0 Å². The standard InChI is InChI=1S/C60H36N4S/c1-8-22-48-39(15-1)40-16-2-9-23-49(40)61(48)37-29-31-54-46(35-37)43-19-5-12-26-52(43)63(54)56-33-34-58-59(45-21-7-14-28-57(45)65-58)60(56)64-53-27-13-6-20-44(53)47-36-38(30-32-55(47)64)62-50-24-10-3-17-41(50)42-18-4-11-25-51(42)62/h1-36H. The third-order valence-corrected chi connectivity index (χ3v) is 15.1. The van der Waals surface area contributed by atoms with Crippen LogP contribution in [0.5, 0.6) is 0 Å². The Morgan fingerprint density at radius 1 is 0.246 bits per heavy atom. The van der Waals surface area contributed by atoms with Crippen LogP contribution in [-0.4, -0.2) is 18.3 Å². The molecule has 0 saturated carbocycles. The van der Waals surface area contributed by atoms with Gasteiger partial charge in [0.05, 0.1) is 55.5 Å². The van der Waals surface area contributed by atoms with Gasteiger partial charge in [-0.25, -0.2) is 0 Å². The van der Waals surface area contributed by atoms with E-state index in [9.17, 15) is 0 Å². The van der Waals surface area contributed by atoms with E-state index in [1.165, 1.54) is 113 Å². The SMILES string of the molecule is c1ccc2c(c1)sc1ccc(-n3c4ccccc4c4cc(-n5c6ccccc6c6ccccc65)ccc43)c(-n3c4ccccc4c4cc(-n5c6ccccc6c6ccccc65)ccc43)c12. The highest BCUT2D eigenvalue weighted by Gasteiger charge is 2.25. The number of fused-ring (bicyclic) bond motifs is 15. The summed E-state index contributed by atoms with van der Waals surface area (Å²) in [6, 6.07) is 80.8. The lowest BCUT2D eigenvalue weighted by Gasteiger charge is -2.19. The van der Waals surface area contributed by atoms with Gasteiger partial charge in [-0.3, -0.25) is 0 Å². The minimum atomic E-state index is 1.14. The average molecular weight is 845 g/mol. The molecule has 0 atom stereocenters. The summed E-state index contributed by atoms with van der Waals surface area (Å²) in [5.41, 5.74) is 14.2. The summed E-state index contributed by atoms with van der Waals surface area (Å²) in [5.74, 6) is 0. The maximum atomic E-state index is 2.56. The highest BCUT2D eigenvalue weighted by Crippen LogP contribution is 2.46. The molecule has 0 saturated heterocycles. The molecule has 0 aliphatic rings. The maximum Gasteiger partial charge on any atom is 0.0796 e. The highest BCUT2D eigenvalue weighted by atomic mass is 32.1. The largest absolute Gasteiger partial charge is 0.309 e. The van der Waals surface area contributed by atoms with Crippen LogP contribution in [0.4, 0.5) is 0 Å². The van der Waals surface area contributed by atoms with Gasteiger partial charge in [0.15, 0.2) is 0 Å². The van der Waals surface area contributed by atoms with Crippen molar-refractivity contribution < 1.29 is 0 Å². The van der Waals surface area contributed by atoms with Crippen LogP contribution >= 0.6 is 11.3 Å². The van der Waals surface area contributed by atoms with Crippen molar-refractivity contribution in [3.63, 3.8) is 0 Å². The predicted octanol–water partition coefficient (Wildman–Crippen LogP) is 16.4. The van der Waals surface area contributed by atoms with Crippen molar-refractivity contribution in [2.75, 3.05) is 0 Å². The Morgan fingerprint density at radius 2 is 0.600 bits per heavy atom. The first-order valence-corrected chi connectivity index (χ1v) is 23.1. The lowest BCUT2D eigenvalue weighted by atomic mass is 10.1. The number of rotatable bonds is 4. The van der Waals surface area contributed by atoms with Gasteiger partial charge >= 0.3 is 0 Å². The average Bonchev–Trinajstić information content (AvgIpc) is 4.16. The van der Waals surface area contributed by atoms with Crippen molar-refractivity contribution in [1.82, 2.24) is 18.3 Å². The summed E-state index contributed by atoms with van der Waals surface area (Å²) in [6.07, 6.45) is 0. The van der Waals surface area contributed by atoms with Crippen LogP contribution in [0, 0.1) is 0 Å². The molecule has 0 radical (unpaired) electrons. The van der Waals surface area contributed by atoms with Crippen molar-refractivity contribution in [2.45, 2.75) is 0 Å². The number of hydrogen-bond acceptors (Lipinski definition) is 1. The third kappa shape index (κ3) is 4.74. The summed E-state index contributed by atoms with van der Waals surface area (Å²) in [5, 5.41) is 12.5. The van der Waals surface area contributed by atoms with Gasteiger partial charge in [0.25, 0.3) is 0 Å². The molecule has 15 aromatic rings. The summed E-state index contributed by atoms with van der Waals surface area (Å²) in [6.45, 7) is 0. The van der Waals surface area contributed by atoms with Gasteiger partial charge in [-0.15, -0.1) is 11.3 Å². The number of para-hydroxylation sites is 6. The van der Waals surface area contributed by atoms with Crippen LogP contribution in [0.3, 0.4) is 0 Å². The molecule has 0 bridgehead atoms. The second kappa shape index (κ2) is 13.1. The van der Waals surface area contributed by atoms with Gasteiger partial charge in [0.1, 0.15) is 0 Å². The van der Waals surface area contributed by atoms with Crippen molar-refractivity contribution in [3.05, 3.63) is 218 Å². The quantitative estimate of drug-likeness (QED) is 0.168. The molecule has 0 spiro atoms. The van der Waals surface area contributed by atoms with Crippen molar-refractivity contribution in [1.29, 1.82) is 0 Å². The summed E-state index contributed by atoms with van der Waals surface area (Å²) in [4.78, 5) is 0. The number of benzene rings is 10. The first-order valence-electron chi connectivity index (χ1n) is 22.3. The Balaban J connectivity index is 1.04. The summed E-state index contributed by atoms with van der Waals surface area (Å²) in [7, 11) is 0. The smallest absolute Gasteiger partial charge is 0.0796 e. The summed E-state index contributed by atoms with van der Waals surface area (Å²) < 4.78 is 12.5. The number of aromatic nitrogens is 4. The molecule has 65 heavy (non-hydrogen) atoms. The highest BCUT2D eigenvalue weighted by molar-refractivity contribution is 7.25. The molecule has 4 nitrogen and oxygen atoms in total. The second-order valence-electron chi connectivity index (χ2n) is 17.3. The number of hydrogen-bond donors (Lipinski definition) is 0. The molecule has 0 N–H and O–H groups in total. The molecule has 10 aromatic carbocycles. The van der Waals surface area contributed by atoms with Crippen molar-refractivity contribution in [2.24, 2.45) is 0 Å². The van der Waals surface area contributed by atoms with E-state index in [2.05, 4.69) is 237 Å². The monoisotopic (exact) mass is 844 g/mol. The van der Waals surface area contributed by atoms with Gasteiger partial charge in [0.2, 0.25) is 0 Å². The molecule has 15 rings (SSSR count). The Morgan fingerprint density at radius 3 is 1.08 bits per heavy atom. The molecule has 0 amide bonds. The molecule has 0 unspecified atom stereocenters. The number of thiophene rings is 1. The molecule has 5 heterocycles. The first kappa shape index (κ1) is 35.1. The minimum absolute atomic E-state index is 1.14. The van der Waals surface area contributed by atoms with E-state index in [-0.39, 0.29) is 0 Å². The van der Waals surface area contributed by atoms with E-state index in [4.69, 9.17) is 0 Å². The third-order valence-electron chi connectivity index (χ3n) is 13.9. The maximum absolute atomic E-state index is 2.56. The molecule has 302 valence electrons. The van der Waals surface area contributed by atoms with Gasteiger partial charge in [-0.05, 0) is 91.0 Å². The van der Waals surface area contributed by atoms with Gasteiger partial charge in [0, 0.05) is 74.6 Å². The minimum Gasteiger partial charge on any atom is -0.309 e. The topological polar surface area (TPSA) is 19.7 Å². The van der Waals surface area contributed by atoms with Crippen LogP contribution in [0.15, 0.2) is 218 Å². The van der Waals surface area contributed by atoms with E-state index in [0.717, 1.165) is 17.1 Å². The van der Waals surface area contributed by atoms with Crippen LogP contribution in [0.2, 0.25) is 0 Å². The van der Waals surface area contributed by atoms with Gasteiger partial charge in [-0.1, -0.05) is 127 Å². The van der Waals surface area contributed by atoms with E-state index >= 15 is 0 Å². The second-order valence-corrected chi connectivity index (χ2v) is 18.3. The zero-order valence-electron chi connectivity index (χ0n) is 35.0. The normalized spacial score (nSPS) is 12.3. The lowest BCUT2D eigenvalue weighted by molar-refractivity contribution is 1.11. The van der Waals surface area contributed by atoms with Crippen molar-refractivity contribution >= 4 is 119 Å². The first-order chi connectivity index (χ1) is 32.3. The molecular formula is C60H36N4S. The molecule has 0 fully saturated rings. The van der Waals surface area contributed by atoms with Crippen molar-refractivity contribution in [3.8, 4) is 22.7 Å². The number of nitrogens with zero attached hydrogens (tertiary/aromatic N) is 4. The van der Waals surface area contributed by atoms with Gasteiger partial charge < -0.3 is 18.3 Å². The molecule has 5 aromatic heterocycles. The van der Waals surface area contributed by atoms with Crippen LogP contribution in [-0.2, 0) is 0 Å². The zero-order chi connectivity index (χ0) is 42.3. The zero-order valence-corrected chi connectivity index (χ0v) is 35.8. The summed E-state index contributed by atoms with van der Waals surface area (Å²) >= 11 is 1.87. The molecule has 0 aliphatic heterocycles. The van der Waals surface area contributed by atoms with E-state index in [0.29, 0.717) is 0 Å². The Hall–Kier alpha value is -8.38. The Labute approximate surface area is 376 Å². The lowest BCUT2D eigenvalue weighted by Crippen LogP contribution is -2.04. The fraction of sp³-hybridized carbons (Fsp3) is 0. The fourth-order valence-electron chi connectivity index (χ4n) is 11.3. The Bertz CT molecular complexity index is 4380. The predicted molar refractivity (Wildman–Crippen MR) is 277 cm³/mol. The Kier molecular flexibility index (Phi) is 7.07. The molecule has 0 aliphatic carbocycles. The van der Waals surface area contributed by atoms with Gasteiger partial charge in [-0.2, -0.15) is 0 Å². The van der Waals surface area contributed by atoms with E-state index < -0.39 is 0 Å².